The van der Waals surface area contributed by atoms with E-state index in [2.05, 4.69) is 4.90 Å². The van der Waals surface area contributed by atoms with Crippen LogP contribution in [0.25, 0.3) is 0 Å². The number of carboxylic acids is 1. The molecule has 0 spiro atoms. The standard InChI is InChI=1S/C14H17ClN2O4/c15-12-4-3-11(13(7-12)17(20)21)9-16-5-1-2-10(8-16)6-14(18)19/h3-4,7,10H,1-2,5-6,8-9H2,(H,18,19). The molecule has 0 amide bonds. The zero-order valence-electron chi connectivity index (χ0n) is 11.5. The van der Waals surface area contributed by atoms with Crippen LogP contribution in [0.2, 0.25) is 5.02 Å². The van der Waals surface area contributed by atoms with Gasteiger partial charge in [0.2, 0.25) is 0 Å². The summed E-state index contributed by atoms with van der Waals surface area (Å²) < 4.78 is 0. The predicted octanol–water partition coefficient (Wildman–Crippen LogP) is 2.93. The Kier molecular flexibility index (Phi) is 5.14. The highest BCUT2D eigenvalue weighted by molar-refractivity contribution is 6.30. The molecule has 1 aromatic rings. The van der Waals surface area contributed by atoms with Crippen molar-refractivity contribution in [1.82, 2.24) is 4.90 Å². The van der Waals surface area contributed by atoms with Gasteiger partial charge in [0.15, 0.2) is 0 Å². The maximum absolute atomic E-state index is 11.1. The number of nitro groups is 1. The predicted molar refractivity (Wildman–Crippen MR) is 78.4 cm³/mol. The van der Waals surface area contributed by atoms with Gasteiger partial charge in [-0.2, -0.15) is 0 Å². The molecule has 2 rings (SSSR count). The normalized spacial score (nSPS) is 19.4. The molecule has 1 saturated heterocycles. The number of nitrogens with zero attached hydrogens (tertiary/aromatic N) is 2. The highest BCUT2D eigenvalue weighted by Gasteiger charge is 2.24. The molecule has 1 aromatic carbocycles. The van der Waals surface area contributed by atoms with Crippen molar-refractivity contribution in [2.24, 2.45) is 5.92 Å². The first-order valence-electron chi connectivity index (χ1n) is 6.82. The molecular formula is C14H17ClN2O4. The van der Waals surface area contributed by atoms with Crippen molar-refractivity contribution in [2.45, 2.75) is 25.8 Å². The number of halogens is 1. The zero-order chi connectivity index (χ0) is 15.4. The Balaban J connectivity index is 2.07. The Morgan fingerprint density at radius 3 is 2.95 bits per heavy atom. The largest absolute Gasteiger partial charge is 0.481 e. The number of nitro benzene ring substituents is 1. The molecule has 0 saturated carbocycles. The number of hydrogen-bond donors (Lipinski definition) is 1. The number of aliphatic carboxylic acids is 1. The lowest BCUT2D eigenvalue weighted by Crippen LogP contribution is -2.35. The Morgan fingerprint density at radius 1 is 1.52 bits per heavy atom. The van der Waals surface area contributed by atoms with Crippen LogP contribution in [0.4, 0.5) is 5.69 Å². The second kappa shape index (κ2) is 6.87. The van der Waals surface area contributed by atoms with Crippen LogP contribution in [0.5, 0.6) is 0 Å². The maximum atomic E-state index is 11.1. The fraction of sp³-hybridized carbons (Fsp3) is 0.500. The topological polar surface area (TPSA) is 83.7 Å². The average molecular weight is 313 g/mol. The summed E-state index contributed by atoms with van der Waals surface area (Å²) in [4.78, 5) is 23.5. The molecule has 1 aliphatic rings. The smallest absolute Gasteiger partial charge is 0.303 e. The molecule has 1 atom stereocenters. The van der Waals surface area contributed by atoms with Crippen LogP contribution in [-0.4, -0.2) is 34.0 Å². The first kappa shape index (κ1) is 15.7. The minimum atomic E-state index is -0.792. The summed E-state index contributed by atoms with van der Waals surface area (Å²) in [6.45, 7) is 1.94. The van der Waals surface area contributed by atoms with E-state index < -0.39 is 10.9 Å². The number of carboxylic acid groups (broad SMARTS) is 1. The molecular weight excluding hydrogens is 296 g/mol. The van der Waals surface area contributed by atoms with E-state index in [9.17, 15) is 14.9 Å². The number of likely N-dealkylation sites (tertiary alicyclic amines) is 1. The van der Waals surface area contributed by atoms with Gasteiger partial charge in [-0.25, -0.2) is 0 Å². The van der Waals surface area contributed by atoms with Crippen molar-refractivity contribution in [3.05, 3.63) is 38.9 Å². The van der Waals surface area contributed by atoms with Gasteiger partial charge in [0, 0.05) is 36.2 Å². The highest BCUT2D eigenvalue weighted by Crippen LogP contribution is 2.27. The van der Waals surface area contributed by atoms with Crippen LogP contribution >= 0.6 is 11.6 Å². The van der Waals surface area contributed by atoms with E-state index in [1.54, 1.807) is 12.1 Å². The fourth-order valence-corrected chi connectivity index (χ4v) is 2.96. The lowest BCUT2D eigenvalue weighted by molar-refractivity contribution is -0.385. The molecule has 1 unspecified atom stereocenters. The Hall–Kier alpha value is -1.66. The molecule has 21 heavy (non-hydrogen) atoms. The summed E-state index contributed by atoms with van der Waals surface area (Å²) in [5.74, 6) is -0.679. The van der Waals surface area contributed by atoms with Crippen molar-refractivity contribution in [3.8, 4) is 0 Å². The molecule has 0 aliphatic carbocycles. The Morgan fingerprint density at radius 2 is 2.29 bits per heavy atom. The van der Waals surface area contributed by atoms with E-state index in [0.29, 0.717) is 23.7 Å². The van der Waals surface area contributed by atoms with Gasteiger partial charge in [0.25, 0.3) is 5.69 Å². The SMILES string of the molecule is O=C(O)CC1CCCN(Cc2ccc(Cl)cc2[N+](=O)[O-])C1. The van der Waals surface area contributed by atoms with E-state index in [-0.39, 0.29) is 18.0 Å². The number of hydrogen-bond acceptors (Lipinski definition) is 4. The molecule has 1 aliphatic heterocycles. The lowest BCUT2D eigenvalue weighted by atomic mass is 9.94. The summed E-state index contributed by atoms with van der Waals surface area (Å²) in [5.41, 5.74) is 0.628. The summed E-state index contributed by atoms with van der Waals surface area (Å²) in [6, 6.07) is 4.67. The molecule has 0 bridgehead atoms. The van der Waals surface area contributed by atoms with Crippen LogP contribution in [0.3, 0.4) is 0 Å². The van der Waals surface area contributed by atoms with Crippen LogP contribution in [0, 0.1) is 16.0 Å². The molecule has 114 valence electrons. The van der Waals surface area contributed by atoms with Crippen LogP contribution < -0.4 is 0 Å². The van der Waals surface area contributed by atoms with Crippen molar-refractivity contribution < 1.29 is 14.8 Å². The van der Waals surface area contributed by atoms with Crippen LogP contribution in [-0.2, 0) is 11.3 Å². The van der Waals surface area contributed by atoms with Crippen molar-refractivity contribution in [1.29, 1.82) is 0 Å². The summed E-state index contributed by atoms with van der Waals surface area (Å²) >= 11 is 5.80. The van der Waals surface area contributed by atoms with Gasteiger partial charge in [-0.1, -0.05) is 11.6 Å². The summed E-state index contributed by atoms with van der Waals surface area (Å²) in [7, 11) is 0. The maximum Gasteiger partial charge on any atom is 0.303 e. The second-order valence-corrected chi connectivity index (χ2v) is 5.81. The second-order valence-electron chi connectivity index (χ2n) is 5.37. The minimum Gasteiger partial charge on any atom is -0.481 e. The third kappa shape index (κ3) is 4.41. The number of rotatable bonds is 5. The number of benzene rings is 1. The third-order valence-corrected chi connectivity index (χ3v) is 3.94. The van der Waals surface area contributed by atoms with Crippen LogP contribution in [0.1, 0.15) is 24.8 Å². The molecule has 1 N–H and O–H groups in total. The van der Waals surface area contributed by atoms with E-state index in [0.717, 1.165) is 19.4 Å². The lowest BCUT2D eigenvalue weighted by Gasteiger charge is -2.31. The zero-order valence-corrected chi connectivity index (χ0v) is 12.3. The number of piperidine rings is 1. The van der Waals surface area contributed by atoms with Gasteiger partial charge in [-0.3, -0.25) is 19.8 Å². The van der Waals surface area contributed by atoms with Gasteiger partial charge in [-0.15, -0.1) is 0 Å². The van der Waals surface area contributed by atoms with Gasteiger partial charge >= 0.3 is 5.97 Å². The van der Waals surface area contributed by atoms with Crippen LogP contribution in [0.15, 0.2) is 18.2 Å². The van der Waals surface area contributed by atoms with Gasteiger partial charge in [-0.05, 0) is 37.4 Å². The molecule has 6 nitrogen and oxygen atoms in total. The van der Waals surface area contributed by atoms with Gasteiger partial charge < -0.3 is 5.11 Å². The van der Waals surface area contributed by atoms with Crippen molar-refractivity contribution in [2.75, 3.05) is 13.1 Å². The van der Waals surface area contributed by atoms with Crippen molar-refractivity contribution >= 4 is 23.3 Å². The average Bonchev–Trinajstić information content (AvgIpc) is 2.40. The quantitative estimate of drug-likeness (QED) is 0.667. The van der Waals surface area contributed by atoms with Gasteiger partial charge in [0.1, 0.15) is 0 Å². The van der Waals surface area contributed by atoms with E-state index in [1.807, 2.05) is 0 Å². The minimum absolute atomic E-state index is 0.0165. The molecule has 0 radical (unpaired) electrons. The highest BCUT2D eigenvalue weighted by atomic mass is 35.5. The fourth-order valence-electron chi connectivity index (χ4n) is 2.79. The first-order valence-corrected chi connectivity index (χ1v) is 7.20. The number of carbonyl (C=O) groups is 1. The molecule has 7 heteroatoms. The third-order valence-electron chi connectivity index (χ3n) is 3.70. The van der Waals surface area contributed by atoms with E-state index in [4.69, 9.17) is 16.7 Å². The van der Waals surface area contributed by atoms with E-state index >= 15 is 0 Å². The van der Waals surface area contributed by atoms with Gasteiger partial charge in [0.05, 0.1) is 4.92 Å². The Bertz CT molecular complexity index is 550. The molecule has 1 fully saturated rings. The first-order chi connectivity index (χ1) is 9.95. The molecule has 0 aromatic heterocycles. The van der Waals surface area contributed by atoms with E-state index in [1.165, 1.54) is 6.07 Å². The Labute approximate surface area is 127 Å². The van der Waals surface area contributed by atoms with Crippen molar-refractivity contribution in [3.63, 3.8) is 0 Å². The summed E-state index contributed by atoms with van der Waals surface area (Å²) in [5, 5.41) is 20.3. The summed E-state index contributed by atoms with van der Waals surface area (Å²) in [6.07, 6.45) is 1.96. The monoisotopic (exact) mass is 312 g/mol. The molecule has 1 heterocycles.